The third-order valence-corrected chi connectivity index (χ3v) is 1.69. The molecule has 0 aliphatic carbocycles. The van der Waals surface area contributed by atoms with Gasteiger partial charge in [0, 0.05) is 13.5 Å². The van der Waals surface area contributed by atoms with E-state index in [9.17, 15) is 0 Å². The molecule has 0 bridgehead atoms. The molecule has 1 rings (SSSR count). The highest BCUT2D eigenvalue weighted by Crippen LogP contribution is 2.08. The van der Waals surface area contributed by atoms with Gasteiger partial charge in [0.25, 0.3) is 0 Å². The van der Waals surface area contributed by atoms with Crippen LogP contribution in [-0.4, -0.2) is 39.7 Å². The fourth-order valence-corrected chi connectivity index (χ4v) is 0.724. The standard InChI is InChI=1S/C5H10O2.C3H3.BrH.Mg/c6-5-3-1-2-4-7-5;1-3-2;;/h5-6H,1-4H2;1H3;1H;/q;;;+2. The Kier molecular flexibility index (Phi) is 14.9. The molecular formula is C8H14BrMgO2+2. The van der Waals surface area contributed by atoms with Gasteiger partial charge in [-0.15, -0.1) is 17.0 Å². The minimum atomic E-state index is -0.464. The van der Waals surface area contributed by atoms with Gasteiger partial charge in [0.1, 0.15) is 0 Å². The zero-order valence-corrected chi connectivity index (χ0v) is 10.5. The van der Waals surface area contributed by atoms with Crippen molar-refractivity contribution in [3.05, 3.63) is 0 Å². The van der Waals surface area contributed by atoms with E-state index < -0.39 is 6.29 Å². The molecule has 2 nitrogen and oxygen atoms in total. The van der Waals surface area contributed by atoms with Gasteiger partial charge in [0.2, 0.25) is 0 Å². The number of hydrogen-bond donors (Lipinski definition) is 1. The third kappa shape index (κ3) is 10.7. The number of hydrogen-bond acceptors (Lipinski definition) is 2. The second-order valence-electron chi connectivity index (χ2n) is 2.25. The Labute approximate surface area is 97.3 Å². The molecule has 7 radical (unpaired) electrons. The third-order valence-electron chi connectivity index (χ3n) is 1.33. The van der Waals surface area contributed by atoms with Crippen LogP contribution in [0.4, 0.5) is 0 Å². The second kappa shape index (κ2) is 11.7. The maximum absolute atomic E-state index is 8.69. The van der Waals surface area contributed by atoms with Crippen LogP contribution < -0.4 is 0 Å². The Bertz CT molecular complexity index is 130. The van der Waals surface area contributed by atoms with Gasteiger partial charge >= 0.3 is 25.8 Å². The van der Waals surface area contributed by atoms with E-state index in [1.165, 1.54) is 0 Å². The van der Waals surface area contributed by atoms with Crippen molar-refractivity contribution in [3.8, 4) is 9.97 Å². The van der Waals surface area contributed by atoms with Crippen LogP contribution in [0.2, 0.25) is 0 Å². The summed E-state index contributed by atoms with van der Waals surface area (Å²) in [6, 6.07) is 0. The molecule has 0 aromatic rings. The first-order valence-corrected chi connectivity index (χ1v) is 4.50. The molecule has 4 heteroatoms. The molecule has 1 fully saturated rings. The fraction of sp³-hybridized carbons (Fsp3) is 0.750. The van der Waals surface area contributed by atoms with Crippen molar-refractivity contribution < 1.29 is 9.84 Å². The van der Waals surface area contributed by atoms with Gasteiger partial charge in [-0.05, 0) is 25.2 Å². The van der Waals surface area contributed by atoms with E-state index in [1.54, 1.807) is 21.7 Å². The molecule has 0 aromatic heterocycles. The summed E-state index contributed by atoms with van der Waals surface area (Å²) in [6.07, 6.45) is 2.58. The summed E-state index contributed by atoms with van der Waals surface area (Å²) in [5, 5.41) is 8.69. The lowest BCUT2D eigenvalue weighted by molar-refractivity contribution is -0.123. The highest BCUT2D eigenvalue weighted by molar-refractivity contribution is 8.93. The normalized spacial score (nSPS) is 20.4. The molecule has 1 heterocycles. The van der Waals surface area contributed by atoms with Crippen LogP contribution >= 0.6 is 17.0 Å². The van der Waals surface area contributed by atoms with E-state index in [0.29, 0.717) is 0 Å². The smallest absolute Gasteiger partial charge is 0.368 e. The van der Waals surface area contributed by atoms with E-state index in [-0.39, 0.29) is 17.0 Å². The summed E-state index contributed by atoms with van der Waals surface area (Å²) < 4.78 is 7.54. The molecule has 65 valence electrons. The van der Waals surface area contributed by atoms with Crippen molar-refractivity contribution in [3.63, 3.8) is 0 Å². The minimum Gasteiger partial charge on any atom is -0.368 e. The summed E-state index contributed by atoms with van der Waals surface area (Å²) in [5.41, 5.74) is 0. The van der Waals surface area contributed by atoms with Gasteiger partial charge < -0.3 is 9.84 Å². The summed E-state index contributed by atoms with van der Waals surface area (Å²) in [6.45, 7) is 2.56. The first-order valence-electron chi connectivity index (χ1n) is 3.79. The predicted molar refractivity (Wildman–Crippen MR) is 55.3 cm³/mol. The highest BCUT2D eigenvalue weighted by atomic mass is 79.9. The molecule has 1 aliphatic rings. The molecule has 1 unspecified atom stereocenters. The van der Waals surface area contributed by atoms with Gasteiger partial charge in [-0.2, -0.15) is 0 Å². The summed E-state index contributed by atoms with van der Waals surface area (Å²) >= 11 is 1.66. The maximum atomic E-state index is 8.69. The molecular weight excluding hydrogens is 232 g/mol. The lowest BCUT2D eigenvalue weighted by atomic mass is 10.2. The average molecular weight is 246 g/mol. The largest absolute Gasteiger partial charge is 1.54 e. The predicted octanol–water partition coefficient (Wildman–Crippen LogP) is 1.22. The van der Waals surface area contributed by atoms with E-state index >= 15 is 0 Å². The van der Waals surface area contributed by atoms with E-state index in [1.807, 2.05) is 6.92 Å². The van der Waals surface area contributed by atoms with Gasteiger partial charge in [0.15, 0.2) is 6.29 Å². The first kappa shape index (κ1) is 15.2. The van der Waals surface area contributed by atoms with Crippen molar-refractivity contribution in [2.24, 2.45) is 0 Å². The van der Waals surface area contributed by atoms with E-state index in [2.05, 4.69) is 9.97 Å². The quantitative estimate of drug-likeness (QED) is 0.514. The molecule has 0 aromatic carbocycles. The van der Waals surface area contributed by atoms with Crippen LogP contribution in [0, 0.1) is 9.97 Å². The van der Waals surface area contributed by atoms with Crippen LogP contribution in [0.25, 0.3) is 0 Å². The van der Waals surface area contributed by atoms with Crippen LogP contribution in [-0.2, 0) is 4.74 Å². The minimum absolute atomic E-state index is 0. The second-order valence-corrected chi connectivity index (χ2v) is 2.60. The monoisotopic (exact) mass is 245 g/mol. The van der Waals surface area contributed by atoms with Gasteiger partial charge in [-0.25, -0.2) is 0 Å². The Hall–Kier alpha value is 0.726. The molecule has 0 saturated carbocycles. The number of halogens is 1. The average Bonchev–Trinajstić information content (AvgIpc) is 2.07. The molecule has 12 heavy (non-hydrogen) atoms. The highest BCUT2D eigenvalue weighted by Gasteiger charge is 2.17. The summed E-state index contributed by atoms with van der Waals surface area (Å²) in [5.74, 6) is 2.69. The van der Waals surface area contributed by atoms with Crippen molar-refractivity contribution in [2.75, 3.05) is 6.61 Å². The number of rotatable bonds is 0. The fourth-order valence-electron chi connectivity index (χ4n) is 0.724. The SMILES string of the molecule is Br.CC#[C][Mg+2].OC1CCCCO1. The maximum Gasteiger partial charge on any atom is 1.54 e. The molecule has 1 atom stereocenters. The van der Waals surface area contributed by atoms with E-state index in [0.717, 1.165) is 25.9 Å². The number of ether oxygens (including phenoxy) is 1. The van der Waals surface area contributed by atoms with Crippen LogP contribution in [0.5, 0.6) is 0 Å². The Morgan fingerprint density at radius 1 is 1.50 bits per heavy atom. The van der Waals surface area contributed by atoms with Crippen molar-refractivity contribution in [1.29, 1.82) is 0 Å². The Morgan fingerprint density at radius 3 is 2.25 bits per heavy atom. The van der Waals surface area contributed by atoms with Crippen LogP contribution in [0.3, 0.4) is 0 Å². The topological polar surface area (TPSA) is 29.5 Å². The first-order chi connectivity index (χ1) is 5.31. The van der Waals surface area contributed by atoms with Gasteiger partial charge in [-0.1, -0.05) is 0 Å². The zero-order chi connectivity index (χ0) is 8.53. The Balaban J connectivity index is 0. The molecule has 1 aliphatic heterocycles. The van der Waals surface area contributed by atoms with Gasteiger partial charge in [0.05, 0.1) is 0 Å². The lowest BCUT2D eigenvalue weighted by Crippen LogP contribution is -2.17. The number of aliphatic hydroxyl groups excluding tert-OH is 1. The van der Waals surface area contributed by atoms with Crippen molar-refractivity contribution in [1.82, 2.24) is 0 Å². The van der Waals surface area contributed by atoms with Crippen molar-refractivity contribution >= 4 is 38.7 Å². The van der Waals surface area contributed by atoms with Crippen molar-refractivity contribution in [2.45, 2.75) is 32.5 Å². The zero-order valence-electron chi connectivity index (χ0n) is 7.38. The number of aliphatic hydroxyl groups is 1. The summed E-state index contributed by atoms with van der Waals surface area (Å²) in [4.78, 5) is 0. The molecule has 1 saturated heterocycles. The van der Waals surface area contributed by atoms with Crippen LogP contribution in [0.1, 0.15) is 26.2 Å². The molecule has 0 spiro atoms. The van der Waals surface area contributed by atoms with Gasteiger partial charge in [-0.3, -0.25) is 0 Å². The molecule has 0 amide bonds. The summed E-state index contributed by atoms with van der Waals surface area (Å²) in [7, 11) is 0. The Morgan fingerprint density at radius 2 is 2.08 bits per heavy atom. The van der Waals surface area contributed by atoms with E-state index in [4.69, 9.17) is 9.84 Å². The van der Waals surface area contributed by atoms with Crippen LogP contribution in [0.15, 0.2) is 0 Å². The molecule has 1 N–H and O–H groups in total. The lowest BCUT2D eigenvalue weighted by Gasteiger charge is -2.16.